The topological polar surface area (TPSA) is 190 Å². The Morgan fingerprint density at radius 1 is 0.268 bits per heavy atom. The van der Waals surface area contributed by atoms with Crippen molar-refractivity contribution in [1.82, 2.24) is 0 Å². The second-order valence-electron chi connectivity index (χ2n) is 28.1. The van der Waals surface area contributed by atoms with E-state index in [0.29, 0.717) is 136 Å². The van der Waals surface area contributed by atoms with E-state index in [1.54, 1.807) is 0 Å². The summed E-state index contributed by atoms with van der Waals surface area (Å²) in [5, 5.41) is 7.75. The van der Waals surface area contributed by atoms with E-state index in [2.05, 4.69) is 191 Å². The molecular weight excluding hydrogens is 1220 g/mol. The fourth-order valence-electron chi connectivity index (χ4n) is 10.5. The molecule has 534 valence electrons. The standard InChI is InChI=1S/C81H120N6O10/c1-17-54(9)46-90-74-38-62-31-66-40-78(94-50-58(13)21-5)70(44-76(66)92-48-56(11)19-3)35-71-45-77(93-49-57(12)20-4)67(41-79(71)95-51-59(14)22-6)32-63-39-75(91-47-55(10)18-2)65(37-73(63)89-30-26-28-85-87-83)34-69-43-80(96-52-60(15)23-7)68(42-81(69)97-53-61(16)24-8)33-64(74)36-72(62)88-29-25-27-84-86-82/h36-45,54-61H,17-35,46-53H2,1-16H3/t54-,55-,56-,57-,58-,59?,60-,61?/m0/s1. The third-order valence-corrected chi connectivity index (χ3v) is 19.3. The SMILES string of the molecule is CCC(C)COc1cc2c(OC[C@@H](C)CC)cc1Cc1cc(OC[C@@H](C)CC)c(cc1OC[C@@H](C)CC)Cc1cc(OC[C@@H](C)CC)c(cc1OCCCN=[N+]=[N-])Cc1cc(OCC(C)CC)c(cc1OC[C@@H](C)CC)Cc1cc(OCCCN=[N+]=[N-])c(cc1OC[C@@H](C)CC)C2. The van der Waals surface area contributed by atoms with Crippen molar-refractivity contribution in [2.24, 2.45) is 57.6 Å². The maximum Gasteiger partial charge on any atom is 0.123 e. The van der Waals surface area contributed by atoms with Crippen LogP contribution in [0.3, 0.4) is 0 Å². The van der Waals surface area contributed by atoms with Crippen LogP contribution in [0.15, 0.2) is 70.9 Å². The van der Waals surface area contributed by atoms with Gasteiger partial charge in [0.1, 0.15) is 57.5 Å². The van der Waals surface area contributed by atoms with Crippen LogP contribution in [0, 0.1) is 47.3 Å². The molecule has 10 aliphatic carbocycles. The molecule has 15 rings (SSSR count). The van der Waals surface area contributed by atoms with Crippen molar-refractivity contribution in [2.75, 3.05) is 79.2 Å². The minimum Gasteiger partial charge on any atom is -0.493 e. The number of ether oxygens (including phenoxy) is 10. The summed E-state index contributed by atoms with van der Waals surface area (Å²) in [6.45, 7) is 40.7. The van der Waals surface area contributed by atoms with Gasteiger partial charge in [0.05, 0.1) is 66.1 Å². The van der Waals surface area contributed by atoms with Gasteiger partial charge < -0.3 is 47.4 Å². The molecule has 5 aromatic carbocycles. The van der Waals surface area contributed by atoms with Gasteiger partial charge in [-0.3, -0.25) is 0 Å². The van der Waals surface area contributed by atoms with E-state index in [-0.39, 0.29) is 47.3 Å². The van der Waals surface area contributed by atoms with Gasteiger partial charge in [0.15, 0.2) is 0 Å². The highest BCUT2D eigenvalue weighted by atomic mass is 16.5. The first-order valence-corrected chi connectivity index (χ1v) is 37.0. The van der Waals surface area contributed by atoms with Crippen LogP contribution in [0.25, 0.3) is 20.9 Å². The Bertz CT molecular complexity index is 3090. The van der Waals surface area contributed by atoms with Gasteiger partial charge in [0.25, 0.3) is 0 Å². The first kappa shape index (κ1) is 78.7. The molecule has 8 atom stereocenters. The van der Waals surface area contributed by atoms with E-state index in [9.17, 15) is 11.1 Å². The van der Waals surface area contributed by atoms with Crippen LogP contribution in [0.1, 0.15) is 231 Å². The third-order valence-electron chi connectivity index (χ3n) is 19.3. The summed E-state index contributed by atoms with van der Waals surface area (Å²) in [6, 6.07) is 21.8. The normalized spacial score (nSPS) is 14.6. The Balaban J connectivity index is 1.83. The minimum atomic E-state index is 0.279. The summed E-state index contributed by atoms with van der Waals surface area (Å²) in [7, 11) is 0. The molecule has 5 aromatic rings. The quantitative estimate of drug-likeness (QED) is 0.0154. The van der Waals surface area contributed by atoms with Crippen molar-refractivity contribution in [2.45, 2.75) is 207 Å². The van der Waals surface area contributed by atoms with Gasteiger partial charge in [-0.1, -0.05) is 172 Å². The first-order valence-electron chi connectivity index (χ1n) is 37.0. The summed E-state index contributed by atoms with van der Waals surface area (Å²) in [5.74, 6) is 9.73. The predicted molar refractivity (Wildman–Crippen MR) is 394 cm³/mol. The smallest absolute Gasteiger partial charge is 0.123 e. The van der Waals surface area contributed by atoms with E-state index in [0.717, 1.165) is 153 Å². The summed E-state index contributed by atoms with van der Waals surface area (Å²) in [4.78, 5) is 6.11. The van der Waals surface area contributed by atoms with Crippen LogP contribution < -0.4 is 47.4 Å². The van der Waals surface area contributed by atoms with Crippen LogP contribution >= 0.6 is 0 Å². The Hall–Kier alpha value is -7.28. The van der Waals surface area contributed by atoms with Crippen LogP contribution in [0.2, 0.25) is 0 Å². The molecule has 16 heteroatoms. The largest absolute Gasteiger partial charge is 0.493 e. The lowest BCUT2D eigenvalue weighted by Crippen LogP contribution is -2.14. The molecule has 0 aromatic heterocycles. The molecule has 0 amide bonds. The Morgan fingerprint density at radius 3 is 0.546 bits per heavy atom. The van der Waals surface area contributed by atoms with E-state index in [1.165, 1.54) is 0 Å². The molecule has 16 nitrogen and oxygen atoms in total. The highest BCUT2D eigenvalue weighted by Gasteiger charge is 2.27. The van der Waals surface area contributed by atoms with Gasteiger partial charge in [-0.2, -0.15) is 0 Å². The molecule has 0 spiro atoms. The molecule has 0 radical (unpaired) electrons. The van der Waals surface area contributed by atoms with E-state index >= 15 is 0 Å². The minimum absolute atomic E-state index is 0.279. The monoisotopic (exact) mass is 1340 g/mol. The van der Waals surface area contributed by atoms with Crippen molar-refractivity contribution in [3.05, 3.63) is 137 Å². The van der Waals surface area contributed by atoms with E-state index in [1.807, 2.05) is 0 Å². The molecule has 10 bridgehead atoms. The Labute approximate surface area is 583 Å². The maximum absolute atomic E-state index is 9.31. The summed E-state index contributed by atoms with van der Waals surface area (Å²) < 4.78 is 70.5. The average Bonchev–Trinajstić information content (AvgIpc) is 1.08. The zero-order chi connectivity index (χ0) is 70.2. The lowest BCUT2D eigenvalue weighted by Gasteiger charge is -2.24. The zero-order valence-corrected chi connectivity index (χ0v) is 62.2. The van der Waals surface area contributed by atoms with Crippen LogP contribution in [-0.4, -0.2) is 79.2 Å². The molecule has 0 aliphatic heterocycles. The summed E-state index contributed by atoms with van der Waals surface area (Å²) in [5.41, 5.74) is 28.1. The highest BCUT2D eigenvalue weighted by Crippen LogP contribution is 2.44. The van der Waals surface area contributed by atoms with Crippen LogP contribution in [-0.2, 0) is 32.1 Å². The zero-order valence-electron chi connectivity index (χ0n) is 62.2. The first-order chi connectivity index (χ1) is 46.9. The van der Waals surface area contributed by atoms with Crippen LogP contribution in [0.5, 0.6) is 57.5 Å². The second-order valence-corrected chi connectivity index (χ2v) is 28.1. The maximum atomic E-state index is 9.31. The van der Waals surface area contributed by atoms with Gasteiger partial charge >= 0.3 is 0 Å². The van der Waals surface area contributed by atoms with E-state index in [4.69, 9.17) is 47.4 Å². The van der Waals surface area contributed by atoms with Gasteiger partial charge in [0, 0.05) is 111 Å². The van der Waals surface area contributed by atoms with Crippen molar-refractivity contribution < 1.29 is 47.4 Å². The fraction of sp³-hybridized carbons (Fsp3) is 0.630. The molecule has 97 heavy (non-hydrogen) atoms. The van der Waals surface area contributed by atoms with Crippen molar-refractivity contribution in [1.29, 1.82) is 0 Å². The van der Waals surface area contributed by atoms with Crippen LogP contribution in [0.4, 0.5) is 0 Å². The van der Waals surface area contributed by atoms with Crippen molar-refractivity contribution in [3.63, 3.8) is 0 Å². The molecule has 0 saturated heterocycles. The molecule has 0 heterocycles. The Kier molecular flexibility index (Phi) is 34.0. The molecule has 0 N–H and O–H groups in total. The Morgan fingerprint density at radius 2 is 0.412 bits per heavy atom. The van der Waals surface area contributed by atoms with Gasteiger partial charge in [-0.15, -0.1) is 0 Å². The lowest BCUT2D eigenvalue weighted by atomic mass is 9.94. The van der Waals surface area contributed by atoms with Gasteiger partial charge in [-0.25, -0.2) is 0 Å². The van der Waals surface area contributed by atoms with Crippen molar-refractivity contribution >= 4 is 0 Å². The number of nitrogens with zero attached hydrogens (tertiary/aromatic N) is 6. The van der Waals surface area contributed by atoms with Crippen molar-refractivity contribution in [3.8, 4) is 57.5 Å². The highest BCUT2D eigenvalue weighted by molar-refractivity contribution is 5.60. The molecule has 2 unspecified atom stereocenters. The van der Waals surface area contributed by atoms with Gasteiger partial charge in [0.2, 0.25) is 0 Å². The molecule has 10 aliphatic rings. The third kappa shape index (κ3) is 25.2. The molecular formula is C81H120N6O10. The molecule has 0 fully saturated rings. The van der Waals surface area contributed by atoms with E-state index < -0.39 is 0 Å². The lowest BCUT2D eigenvalue weighted by molar-refractivity contribution is 0.244. The predicted octanol–water partition coefficient (Wildman–Crippen LogP) is 21.5. The number of benzene rings is 5. The summed E-state index contributed by atoms with van der Waals surface area (Å²) in [6.07, 6.45) is 10.8. The fourth-order valence-corrected chi connectivity index (χ4v) is 10.5. The second kappa shape index (κ2) is 41.9. The number of rotatable bonds is 42. The molecule has 0 saturated carbocycles. The average molecular weight is 1340 g/mol. The van der Waals surface area contributed by atoms with Gasteiger partial charge in [-0.05, 0) is 132 Å². The number of hydrogen-bond donors (Lipinski definition) is 0. The number of hydrogen-bond acceptors (Lipinski definition) is 12. The number of azide groups is 2. The summed E-state index contributed by atoms with van der Waals surface area (Å²) >= 11 is 0.